The molecule has 3 rings (SSSR count). The minimum atomic E-state index is -1.17. The minimum absolute atomic E-state index is 0.0952. The second-order valence-electron chi connectivity index (χ2n) is 7.65. The van der Waals surface area contributed by atoms with Crippen LogP contribution in [-0.4, -0.2) is 39.1 Å². The van der Waals surface area contributed by atoms with Crippen molar-refractivity contribution in [2.45, 2.75) is 25.8 Å². The van der Waals surface area contributed by atoms with Crippen LogP contribution in [0.4, 0.5) is 0 Å². The third-order valence-electron chi connectivity index (χ3n) is 5.15. The summed E-state index contributed by atoms with van der Waals surface area (Å²) in [6.07, 6.45) is 0.648. The summed E-state index contributed by atoms with van der Waals surface area (Å²) in [5.74, 6) is -3.27. The predicted octanol–water partition coefficient (Wildman–Crippen LogP) is 4.49. The Morgan fingerprint density at radius 2 is 1.66 bits per heavy atom. The third-order valence-corrected chi connectivity index (χ3v) is 5.38. The maximum atomic E-state index is 12.6. The molecule has 1 heterocycles. The molecule has 0 radical (unpaired) electrons. The zero-order valence-corrected chi connectivity index (χ0v) is 18.1. The summed E-state index contributed by atoms with van der Waals surface area (Å²) >= 11 is 6.06. The molecule has 0 saturated heterocycles. The molecule has 8 heteroatoms. The van der Waals surface area contributed by atoms with Crippen molar-refractivity contribution in [1.82, 2.24) is 10.3 Å². The lowest BCUT2D eigenvalue weighted by Crippen LogP contribution is -2.38. The number of rotatable bonds is 9. The third kappa shape index (κ3) is 5.98. The van der Waals surface area contributed by atoms with E-state index < -0.39 is 29.8 Å². The van der Waals surface area contributed by atoms with Crippen molar-refractivity contribution >= 4 is 29.4 Å². The van der Waals surface area contributed by atoms with Gasteiger partial charge in [0.05, 0.1) is 5.92 Å². The monoisotopic (exact) mass is 454 g/mol. The van der Waals surface area contributed by atoms with Gasteiger partial charge >= 0.3 is 11.9 Å². The number of carboxylic acids is 2. The van der Waals surface area contributed by atoms with Gasteiger partial charge in [-0.05, 0) is 53.8 Å². The molecule has 7 nitrogen and oxygen atoms in total. The molecule has 0 saturated carbocycles. The molecule has 1 aromatic heterocycles. The maximum absolute atomic E-state index is 12.6. The number of amides is 1. The van der Waals surface area contributed by atoms with Gasteiger partial charge in [0.15, 0.2) is 0 Å². The van der Waals surface area contributed by atoms with Crippen molar-refractivity contribution in [3.05, 3.63) is 82.6 Å². The number of hydrogen-bond acceptors (Lipinski definition) is 3. The van der Waals surface area contributed by atoms with Crippen LogP contribution in [0.2, 0.25) is 5.02 Å². The lowest BCUT2D eigenvalue weighted by molar-refractivity contribution is -0.141. The van der Waals surface area contributed by atoms with E-state index in [0.29, 0.717) is 11.4 Å². The van der Waals surface area contributed by atoms with Crippen molar-refractivity contribution in [3.63, 3.8) is 0 Å². The van der Waals surface area contributed by atoms with Crippen molar-refractivity contribution in [3.8, 4) is 11.1 Å². The molecule has 0 spiro atoms. The SMILES string of the molecule is CC(CC(Cc1ccc(-c2cccc(Cl)c2)cc1)NC(=O)c1ccc(C(=O)O)[nH]1)C(=O)O. The van der Waals surface area contributed by atoms with E-state index in [1.807, 2.05) is 42.5 Å². The fourth-order valence-corrected chi connectivity index (χ4v) is 3.61. The Morgan fingerprint density at radius 3 is 2.25 bits per heavy atom. The highest BCUT2D eigenvalue weighted by Gasteiger charge is 2.22. The highest BCUT2D eigenvalue weighted by atomic mass is 35.5. The summed E-state index contributed by atoms with van der Waals surface area (Å²) in [4.78, 5) is 37.5. The fraction of sp³-hybridized carbons (Fsp3) is 0.208. The number of aromatic carboxylic acids is 1. The molecule has 0 fully saturated rings. The van der Waals surface area contributed by atoms with E-state index in [2.05, 4.69) is 10.3 Å². The van der Waals surface area contributed by atoms with E-state index in [1.54, 1.807) is 13.0 Å². The summed E-state index contributed by atoms with van der Waals surface area (Å²) in [7, 11) is 0. The Balaban J connectivity index is 1.75. The smallest absolute Gasteiger partial charge is 0.352 e. The number of aromatic amines is 1. The summed E-state index contributed by atoms with van der Waals surface area (Å²) in [5, 5.41) is 21.8. The van der Waals surface area contributed by atoms with Gasteiger partial charge in [-0.3, -0.25) is 9.59 Å². The van der Waals surface area contributed by atoms with E-state index in [4.69, 9.17) is 16.7 Å². The number of aromatic nitrogens is 1. The highest BCUT2D eigenvalue weighted by molar-refractivity contribution is 6.30. The standard InChI is InChI=1S/C24H23ClN2O5/c1-14(23(29)30)11-19(26-22(28)20-9-10-21(27-20)24(31)32)12-15-5-7-16(8-6-15)17-3-2-4-18(25)13-17/h2-10,13-14,19,27H,11-12H2,1H3,(H,26,28)(H,29,30)(H,31,32). The molecule has 4 N–H and O–H groups in total. The molecule has 0 bridgehead atoms. The average Bonchev–Trinajstić information content (AvgIpc) is 3.25. The lowest BCUT2D eigenvalue weighted by atomic mass is 9.95. The number of hydrogen-bond donors (Lipinski definition) is 4. The number of nitrogens with one attached hydrogen (secondary N) is 2. The van der Waals surface area contributed by atoms with Crippen molar-refractivity contribution in [1.29, 1.82) is 0 Å². The first-order chi connectivity index (χ1) is 15.2. The van der Waals surface area contributed by atoms with Gasteiger partial charge < -0.3 is 20.5 Å². The second kappa shape index (κ2) is 10.2. The Hall–Kier alpha value is -3.58. The fourth-order valence-electron chi connectivity index (χ4n) is 3.42. The van der Waals surface area contributed by atoms with Crippen LogP contribution in [-0.2, 0) is 11.2 Å². The van der Waals surface area contributed by atoms with Gasteiger partial charge in [-0.1, -0.05) is 54.9 Å². The van der Waals surface area contributed by atoms with Crippen LogP contribution >= 0.6 is 11.6 Å². The maximum Gasteiger partial charge on any atom is 0.352 e. The van der Waals surface area contributed by atoms with Crippen LogP contribution < -0.4 is 5.32 Å². The van der Waals surface area contributed by atoms with E-state index in [-0.39, 0.29) is 17.8 Å². The van der Waals surface area contributed by atoms with Gasteiger partial charge in [0.25, 0.3) is 5.91 Å². The normalized spacial score (nSPS) is 12.7. The van der Waals surface area contributed by atoms with Gasteiger partial charge in [0.1, 0.15) is 11.4 Å². The zero-order valence-electron chi connectivity index (χ0n) is 17.3. The summed E-state index contributed by atoms with van der Waals surface area (Å²) < 4.78 is 0. The molecular formula is C24H23ClN2O5. The zero-order chi connectivity index (χ0) is 23.3. The van der Waals surface area contributed by atoms with Crippen molar-refractivity contribution in [2.24, 2.45) is 5.92 Å². The topological polar surface area (TPSA) is 119 Å². The number of carbonyl (C=O) groups is 3. The van der Waals surface area contributed by atoms with Gasteiger partial charge in [-0.25, -0.2) is 4.79 Å². The van der Waals surface area contributed by atoms with Gasteiger partial charge in [0.2, 0.25) is 0 Å². The molecule has 32 heavy (non-hydrogen) atoms. The summed E-state index contributed by atoms with van der Waals surface area (Å²) in [6.45, 7) is 1.58. The first kappa shape index (κ1) is 23.1. The molecule has 1 amide bonds. The molecule has 0 aliphatic carbocycles. The minimum Gasteiger partial charge on any atom is -0.481 e. The molecule has 0 aliphatic heterocycles. The first-order valence-electron chi connectivity index (χ1n) is 10.0. The molecule has 2 atom stereocenters. The quantitative estimate of drug-likeness (QED) is 0.380. The molecule has 3 aromatic rings. The van der Waals surface area contributed by atoms with Crippen LogP contribution in [0.15, 0.2) is 60.7 Å². The number of aliphatic carboxylic acids is 1. The van der Waals surface area contributed by atoms with E-state index >= 15 is 0 Å². The van der Waals surface area contributed by atoms with E-state index in [9.17, 15) is 19.5 Å². The molecule has 166 valence electrons. The Morgan fingerprint density at radius 1 is 0.969 bits per heavy atom. The van der Waals surface area contributed by atoms with E-state index in [0.717, 1.165) is 16.7 Å². The molecule has 2 unspecified atom stereocenters. The largest absolute Gasteiger partial charge is 0.481 e. The number of halogens is 1. The Labute approximate surface area is 190 Å². The summed E-state index contributed by atoms with van der Waals surface area (Å²) in [5.41, 5.74) is 2.91. The Bertz CT molecular complexity index is 1120. The van der Waals surface area contributed by atoms with Gasteiger partial charge in [-0.15, -0.1) is 0 Å². The molecule has 2 aromatic carbocycles. The van der Waals surface area contributed by atoms with Gasteiger partial charge in [0, 0.05) is 11.1 Å². The van der Waals surface area contributed by atoms with E-state index in [1.165, 1.54) is 12.1 Å². The number of carboxylic acid groups (broad SMARTS) is 2. The molecular weight excluding hydrogens is 432 g/mol. The predicted molar refractivity (Wildman–Crippen MR) is 121 cm³/mol. The van der Waals surface area contributed by atoms with Crippen LogP contribution in [0.3, 0.4) is 0 Å². The second-order valence-corrected chi connectivity index (χ2v) is 8.08. The van der Waals surface area contributed by atoms with Gasteiger partial charge in [-0.2, -0.15) is 0 Å². The average molecular weight is 455 g/mol. The number of carbonyl (C=O) groups excluding carboxylic acids is 1. The van der Waals surface area contributed by atoms with Crippen molar-refractivity contribution in [2.75, 3.05) is 0 Å². The molecule has 0 aliphatic rings. The summed E-state index contributed by atoms with van der Waals surface area (Å²) in [6, 6.07) is 17.5. The first-order valence-corrected chi connectivity index (χ1v) is 10.4. The number of benzene rings is 2. The Kier molecular flexibility index (Phi) is 7.33. The lowest BCUT2D eigenvalue weighted by Gasteiger charge is -2.21. The van der Waals surface area contributed by atoms with Crippen LogP contribution in [0.5, 0.6) is 0 Å². The van der Waals surface area contributed by atoms with Crippen LogP contribution in [0.25, 0.3) is 11.1 Å². The number of H-pyrrole nitrogens is 1. The van der Waals surface area contributed by atoms with Crippen LogP contribution in [0.1, 0.15) is 39.9 Å². The van der Waals surface area contributed by atoms with Crippen molar-refractivity contribution < 1.29 is 24.6 Å². The highest BCUT2D eigenvalue weighted by Crippen LogP contribution is 2.24. The van der Waals surface area contributed by atoms with Crippen LogP contribution in [0, 0.1) is 5.92 Å².